The molecule has 0 saturated heterocycles. The van der Waals surface area contributed by atoms with E-state index in [1.807, 2.05) is 26.0 Å². The zero-order chi connectivity index (χ0) is 15.4. The monoisotopic (exact) mass is 369 g/mol. The Hall–Kier alpha value is -1.40. The Bertz CT molecular complexity index is 649. The van der Waals surface area contributed by atoms with Crippen LogP contribution in [0.3, 0.4) is 0 Å². The Morgan fingerprint density at radius 2 is 1.90 bits per heavy atom. The van der Waals surface area contributed by atoms with Gasteiger partial charge in [-0.3, -0.25) is 9.00 Å². The Kier molecular flexibility index (Phi) is 5.36. The summed E-state index contributed by atoms with van der Waals surface area (Å²) >= 11 is 3.34. The van der Waals surface area contributed by atoms with Crippen molar-refractivity contribution in [1.82, 2.24) is 5.32 Å². The van der Waals surface area contributed by atoms with Gasteiger partial charge in [0.15, 0.2) is 5.76 Å². The molecular formula is C15H16BrNO3S. The molecule has 0 radical (unpaired) electrons. The van der Waals surface area contributed by atoms with Gasteiger partial charge in [0, 0.05) is 15.4 Å². The minimum absolute atomic E-state index is 0.0444. The average molecular weight is 370 g/mol. The molecule has 0 spiro atoms. The minimum Gasteiger partial charge on any atom is -0.455 e. The van der Waals surface area contributed by atoms with Crippen molar-refractivity contribution in [3.8, 4) is 0 Å². The van der Waals surface area contributed by atoms with Crippen molar-refractivity contribution in [1.29, 1.82) is 0 Å². The van der Waals surface area contributed by atoms with Crippen LogP contribution in [0.1, 0.15) is 30.2 Å². The maximum Gasteiger partial charge on any atom is 0.287 e. The van der Waals surface area contributed by atoms with E-state index in [4.69, 9.17) is 4.42 Å². The Morgan fingerprint density at radius 3 is 2.52 bits per heavy atom. The van der Waals surface area contributed by atoms with Crippen LogP contribution in [-0.4, -0.2) is 16.2 Å². The molecule has 1 aromatic carbocycles. The predicted octanol–water partition coefficient (Wildman–Crippen LogP) is 3.49. The molecule has 112 valence electrons. The molecule has 0 aliphatic heterocycles. The molecule has 0 aliphatic rings. The number of carbonyl (C=O) groups excluding carboxylic acids is 1. The third-order valence-electron chi connectivity index (χ3n) is 2.66. The van der Waals surface area contributed by atoms with E-state index in [0.29, 0.717) is 5.76 Å². The summed E-state index contributed by atoms with van der Waals surface area (Å²) in [5.74, 6) is 0.763. The van der Waals surface area contributed by atoms with E-state index in [-0.39, 0.29) is 23.5 Å². The van der Waals surface area contributed by atoms with E-state index >= 15 is 0 Å². The first kappa shape index (κ1) is 16.0. The van der Waals surface area contributed by atoms with Gasteiger partial charge in [-0.2, -0.15) is 0 Å². The molecule has 1 atom stereocenters. The molecule has 21 heavy (non-hydrogen) atoms. The number of benzene rings is 1. The highest BCUT2D eigenvalue weighted by atomic mass is 79.9. The largest absolute Gasteiger partial charge is 0.455 e. The van der Waals surface area contributed by atoms with Crippen molar-refractivity contribution in [2.24, 2.45) is 0 Å². The summed E-state index contributed by atoms with van der Waals surface area (Å²) in [6, 6.07) is 10.6. The molecule has 2 aromatic rings. The molecule has 0 fully saturated rings. The molecule has 0 bridgehead atoms. The van der Waals surface area contributed by atoms with Crippen LogP contribution in [0.5, 0.6) is 0 Å². The molecular weight excluding hydrogens is 354 g/mol. The van der Waals surface area contributed by atoms with Gasteiger partial charge in [-0.25, -0.2) is 0 Å². The Balaban J connectivity index is 2.03. The van der Waals surface area contributed by atoms with Gasteiger partial charge in [-0.1, -0.05) is 15.9 Å². The molecule has 2 rings (SSSR count). The quantitative estimate of drug-likeness (QED) is 0.877. The first-order valence-corrected chi connectivity index (χ1v) is 8.60. The van der Waals surface area contributed by atoms with Crippen molar-refractivity contribution in [3.63, 3.8) is 0 Å². The van der Waals surface area contributed by atoms with Crippen LogP contribution in [0.15, 0.2) is 50.2 Å². The molecule has 6 heteroatoms. The lowest BCUT2D eigenvalue weighted by Crippen LogP contribution is -2.29. The van der Waals surface area contributed by atoms with Crippen LogP contribution in [-0.2, 0) is 16.6 Å². The van der Waals surface area contributed by atoms with Crippen LogP contribution in [0.2, 0.25) is 0 Å². The van der Waals surface area contributed by atoms with E-state index < -0.39 is 10.8 Å². The summed E-state index contributed by atoms with van der Waals surface area (Å²) in [5, 5.41) is 2.75. The standard InChI is InChI=1S/C15H16BrNO3S/c1-10(2)17-15(18)14-8-5-12(20-14)9-21(19)13-6-3-11(16)4-7-13/h3-8,10H,9H2,1-2H3,(H,17,18). The predicted molar refractivity (Wildman–Crippen MR) is 85.6 cm³/mol. The van der Waals surface area contributed by atoms with E-state index in [2.05, 4.69) is 21.2 Å². The van der Waals surface area contributed by atoms with E-state index in [0.717, 1.165) is 9.37 Å². The number of nitrogens with one attached hydrogen (secondary N) is 1. The normalized spacial score (nSPS) is 12.4. The van der Waals surface area contributed by atoms with Crippen molar-refractivity contribution < 1.29 is 13.4 Å². The fourth-order valence-electron chi connectivity index (χ4n) is 1.71. The maximum absolute atomic E-state index is 12.2. The van der Waals surface area contributed by atoms with E-state index in [1.165, 1.54) is 0 Å². The molecule has 1 unspecified atom stereocenters. The fraction of sp³-hybridized carbons (Fsp3) is 0.267. The van der Waals surface area contributed by atoms with Gasteiger partial charge in [0.2, 0.25) is 0 Å². The molecule has 1 aromatic heterocycles. The number of hydrogen-bond acceptors (Lipinski definition) is 3. The molecule has 1 heterocycles. The zero-order valence-electron chi connectivity index (χ0n) is 11.8. The highest BCUT2D eigenvalue weighted by Gasteiger charge is 2.14. The summed E-state index contributed by atoms with van der Waals surface area (Å²) in [4.78, 5) is 12.5. The lowest BCUT2D eigenvalue weighted by atomic mass is 10.3. The van der Waals surface area contributed by atoms with Crippen molar-refractivity contribution in [3.05, 3.63) is 52.4 Å². The minimum atomic E-state index is -1.20. The second-order valence-corrected chi connectivity index (χ2v) is 7.20. The van der Waals surface area contributed by atoms with Gasteiger partial charge in [-0.05, 0) is 50.2 Å². The third-order valence-corrected chi connectivity index (χ3v) is 4.53. The number of rotatable bonds is 5. The average Bonchev–Trinajstić information content (AvgIpc) is 2.87. The van der Waals surface area contributed by atoms with E-state index in [1.54, 1.807) is 24.3 Å². The first-order chi connectivity index (χ1) is 9.95. The molecule has 1 N–H and O–H groups in total. The van der Waals surface area contributed by atoms with Gasteiger partial charge in [0.1, 0.15) is 5.76 Å². The third kappa shape index (κ3) is 4.54. The summed E-state index contributed by atoms with van der Waals surface area (Å²) < 4.78 is 18.6. The zero-order valence-corrected chi connectivity index (χ0v) is 14.2. The van der Waals surface area contributed by atoms with E-state index in [9.17, 15) is 9.00 Å². The number of carbonyl (C=O) groups is 1. The molecule has 4 nitrogen and oxygen atoms in total. The SMILES string of the molecule is CC(C)NC(=O)c1ccc(CS(=O)c2ccc(Br)cc2)o1. The van der Waals surface area contributed by atoms with Crippen LogP contribution in [0, 0.1) is 0 Å². The van der Waals surface area contributed by atoms with Crippen molar-refractivity contribution in [2.45, 2.75) is 30.5 Å². The van der Waals surface area contributed by atoms with Crippen LogP contribution >= 0.6 is 15.9 Å². The fourth-order valence-corrected chi connectivity index (χ4v) is 2.99. The van der Waals surface area contributed by atoms with Crippen molar-refractivity contribution >= 4 is 32.6 Å². The lowest BCUT2D eigenvalue weighted by molar-refractivity contribution is 0.0913. The van der Waals surface area contributed by atoms with Gasteiger partial charge in [0.25, 0.3) is 5.91 Å². The van der Waals surface area contributed by atoms with Gasteiger partial charge in [-0.15, -0.1) is 0 Å². The highest BCUT2D eigenvalue weighted by molar-refractivity contribution is 9.10. The highest BCUT2D eigenvalue weighted by Crippen LogP contribution is 2.17. The van der Waals surface area contributed by atoms with Crippen LogP contribution in [0.25, 0.3) is 0 Å². The molecule has 1 amide bonds. The van der Waals surface area contributed by atoms with Gasteiger partial charge >= 0.3 is 0 Å². The smallest absolute Gasteiger partial charge is 0.287 e. The lowest BCUT2D eigenvalue weighted by Gasteiger charge is -2.05. The summed E-state index contributed by atoms with van der Waals surface area (Å²) in [6.45, 7) is 3.76. The topological polar surface area (TPSA) is 59.3 Å². The van der Waals surface area contributed by atoms with Crippen LogP contribution in [0.4, 0.5) is 0 Å². The summed E-state index contributed by atoms with van der Waals surface area (Å²) in [5.41, 5.74) is 0. The van der Waals surface area contributed by atoms with Gasteiger partial charge < -0.3 is 9.73 Å². The molecule has 0 saturated carbocycles. The summed E-state index contributed by atoms with van der Waals surface area (Å²) in [6.07, 6.45) is 0. The number of amides is 1. The first-order valence-electron chi connectivity index (χ1n) is 6.49. The second-order valence-electron chi connectivity index (χ2n) is 4.84. The Morgan fingerprint density at radius 1 is 1.24 bits per heavy atom. The van der Waals surface area contributed by atoms with Crippen LogP contribution < -0.4 is 5.32 Å². The van der Waals surface area contributed by atoms with Crippen molar-refractivity contribution in [2.75, 3.05) is 0 Å². The van der Waals surface area contributed by atoms with Gasteiger partial charge in [0.05, 0.1) is 16.6 Å². The molecule has 0 aliphatic carbocycles. The maximum atomic E-state index is 12.2. The Labute approximate surface area is 134 Å². The summed E-state index contributed by atoms with van der Waals surface area (Å²) in [7, 11) is -1.20. The number of halogens is 1. The number of furan rings is 1. The number of hydrogen-bond donors (Lipinski definition) is 1. The second kappa shape index (κ2) is 7.04.